The molecule has 0 bridgehead atoms. The number of fused-ring (bicyclic) bond motifs is 1. The lowest BCUT2D eigenvalue weighted by Crippen LogP contribution is -2.54. The molecule has 0 aliphatic carbocycles. The number of aromatic nitrogens is 4. The summed E-state index contributed by atoms with van der Waals surface area (Å²) in [6.45, 7) is 9.71. The van der Waals surface area contributed by atoms with Crippen molar-refractivity contribution in [1.82, 2.24) is 24.5 Å². The number of nitrogens with two attached hydrogens (primary N) is 1. The van der Waals surface area contributed by atoms with E-state index in [1.165, 1.54) is 6.33 Å². The van der Waals surface area contributed by atoms with E-state index in [0.717, 1.165) is 36.5 Å². The van der Waals surface area contributed by atoms with Crippen molar-refractivity contribution >= 4 is 24.1 Å². The van der Waals surface area contributed by atoms with Crippen LogP contribution in [-0.2, 0) is 11.2 Å². The third kappa shape index (κ3) is 3.77. The first kappa shape index (κ1) is 19.6. The van der Waals surface area contributed by atoms with Crippen LogP contribution in [-0.4, -0.2) is 49.5 Å². The molecule has 0 radical (unpaired) electrons. The highest BCUT2D eigenvalue weighted by atomic mass is 35.5. The number of piperidine rings is 1. The molecule has 3 rings (SSSR count). The molecule has 1 aliphatic rings. The van der Waals surface area contributed by atoms with Gasteiger partial charge in [0.05, 0.1) is 0 Å². The molecule has 1 atom stereocenters. The molecule has 8 heteroatoms. The fourth-order valence-corrected chi connectivity index (χ4v) is 3.49. The van der Waals surface area contributed by atoms with Gasteiger partial charge in [-0.2, -0.15) is 10.1 Å². The number of nitrogens with zero attached hydrogens (tertiary/aromatic N) is 5. The van der Waals surface area contributed by atoms with Gasteiger partial charge in [0.2, 0.25) is 5.91 Å². The molecule has 25 heavy (non-hydrogen) atoms. The number of hydrogen-bond donors (Lipinski definition) is 1. The van der Waals surface area contributed by atoms with Crippen molar-refractivity contribution in [3.8, 4) is 0 Å². The predicted octanol–water partition coefficient (Wildman–Crippen LogP) is 1.68. The average molecular weight is 367 g/mol. The van der Waals surface area contributed by atoms with Gasteiger partial charge in [-0.15, -0.1) is 12.4 Å². The standard InChI is InChI=1S/C17H26N6O.ClH/c1-11-13(12(2)23-16(21-11)19-10-20-23)5-6-15(24)22-8-7-14(18)17(3,4)9-22;/h10,14H,5-9,18H2,1-4H3;1H. The molecular formula is C17H27ClN6O. The lowest BCUT2D eigenvalue weighted by atomic mass is 9.79. The fourth-order valence-electron chi connectivity index (χ4n) is 3.49. The van der Waals surface area contributed by atoms with E-state index < -0.39 is 0 Å². The van der Waals surface area contributed by atoms with E-state index in [4.69, 9.17) is 5.73 Å². The molecule has 1 unspecified atom stereocenters. The maximum atomic E-state index is 12.6. The molecule has 7 nitrogen and oxygen atoms in total. The zero-order chi connectivity index (χ0) is 17.5. The summed E-state index contributed by atoms with van der Waals surface area (Å²) in [6, 6.07) is 0.157. The Morgan fingerprint density at radius 2 is 2.12 bits per heavy atom. The predicted molar refractivity (Wildman–Crippen MR) is 98.8 cm³/mol. The van der Waals surface area contributed by atoms with Gasteiger partial charge in [-0.3, -0.25) is 4.79 Å². The lowest BCUT2D eigenvalue weighted by Gasteiger charge is -2.42. The van der Waals surface area contributed by atoms with Gasteiger partial charge in [-0.1, -0.05) is 13.8 Å². The van der Waals surface area contributed by atoms with Crippen molar-refractivity contribution in [3.63, 3.8) is 0 Å². The third-order valence-corrected chi connectivity index (χ3v) is 5.24. The smallest absolute Gasteiger partial charge is 0.252 e. The van der Waals surface area contributed by atoms with Crippen LogP contribution in [0.15, 0.2) is 6.33 Å². The number of likely N-dealkylation sites (tertiary alicyclic amines) is 1. The Bertz CT molecular complexity index is 772. The SMILES string of the molecule is Cc1nc2ncnn2c(C)c1CCC(=O)N1CCC(N)C(C)(C)C1.Cl. The molecule has 1 saturated heterocycles. The Balaban J connectivity index is 0.00000225. The molecule has 0 saturated carbocycles. The molecule has 138 valence electrons. The lowest BCUT2D eigenvalue weighted by molar-refractivity contribution is -0.134. The first-order valence-electron chi connectivity index (χ1n) is 8.49. The summed E-state index contributed by atoms with van der Waals surface area (Å²) in [4.78, 5) is 23.2. The van der Waals surface area contributed by atoms with Crippen LogP contribution in [0.1, 0.15) is 43.6 Å². The van der Waals surface area contributed by atoms with Gasteiger partial charge in [0.1, 0.15) is 6.33 Å². The minimum Gasteiger partial charge on any atom is -0.342 e. The van der Waals surface area contributed by atoms with Gasteiger partial charge < -0.3 is 10.6 Å². The van der Waals surface area contributed by atoms with Gasteiger partial charge >= 0.3 is 0 Å². The molecule has 3 heterocycles. The molecule has 0 aromatic carbocycles. The number of amides is 1. The van der Waals surface area contributed by atoms with Crippen LogP contribution in [0.3, 0.4) is 0 Å². The number of aryl methyl sites for hydroxylation is 2. The van der Waals surface area contributed by atoms with Crippen LogP contribution >= 0.6 is 12.4 Å². The topological polar surface area (TPSA) is 89.4 Å². The monoisotopic (exact) mass is 366 g/mol. The normalized spacial score (nSPS) is 19.7. The van der Waals surface area contributed by atoms with Crippen molar-refractivity contribution in [2.75, 3.05) is 13.1 Å². The van der Waals surface area contributed by atoms with Crippen LogP contribution in [0, 0.1) is 19.3 Å². The van der Waals surface area contributed by atoms with Crippen LogP contribution in [0.5, 0.6) is 0 Å². The molecular weight excluding hydrogens is 340 g/mol. The second-order valence-corrected chi connectivity index (χ2v) is 7.43. The number of hydrogen-bond acceptors (Lipinski definition) is 5. The van der Waals surface area contributed by atoms with Gasteiger partial charge in [0.25, 0.3) is 5.78 Å². The van der Waals surface area contributed by atoms with Gasteiger partial charge in [0, 0.05) is 36.9 Å². The van der Waals surface area contributed by atoms with Crippen molar-refractivity contribution in [1.29, 1.82) is 0 Å². The zero-order valence-corrected chi connectivity index (χ0v) is 16.1. The molecule has 1 aliphatic heterocycles. The second kappa shape index (κ2) is 7.25. The Labute approximate surface area is 154 Å². The number of carbonyl (C=O) groups excluding carboxylic acids is 1. The van der Waals surface area contributed by atoms with E-state index in [1.54, 1.807) is 4.52 Å². The first-order chi connectivity index (χ1) is 11.3. The summed E-state index contributed by atoms with van der Waals surface area (Å²) in [5, 5.41) is 4.20. The van der Waals surface area contributed by atoms with E-state index in [1.807, 2.05) is 18.7 Å². The summed E-state index contributed by atoms with van der Waals surface area (Å²) >= 11 is 0. The second-order valence-electron chi connectivity index (χ2n) is 7.43. The third-order valence-electron chi connectivity index (χ3n) is 5.24. The zero-order valence-electron chi connectivity index (χ0n) is 15.3. The van der Waals surface area contributed by atoms with Crippen LogP contribution in [0.2, 0.25) is 0 Å². The van der Waals surface area contributed by atoms with Gasteiger partial charge in [-0.25, -0.2) is 9.50 Å². The van der Waals surface area contributed by atoms with Crippen LogP contribution in [0.4, 0.5) is 0 Å². The summed E-state index contributed by atoms with van der Waals surface area (Å²) in [5.74, 6) is 0.791. The Hall–Kier alpha value is -1.73. The molecule has 2 N–H and O–H groups in total. The molecule has 0 spiro atoms. The van der Waals surface area contributed by atoms with Crippen LogP contribution < -0.4 is 5.73 Å². The molecule has 2 aromatic rings. The highest BCUT2D eigenvalue weighted by Crippen LogP contribution is 2.28. The van der Waals surface area contributed by atoms with E-state index in [2.05, 4.69) is 28.9 Å². The van der Waals surface area contributed by atoms with E-state index in [0.29, 0.717) is 18.6 Å². The quantitative estimate of drug-likeness (QED) is 0.892. The summed E-state index contributed by atoms with van der Waals surface area (Å²) < 4.78 is 1.73. The highest BCUT2D eigenvalue weighted by molar-refractivity contribution is 5.85. The molecule has 1 fully saturated rings. The Morgan fingerprint density at radius 3 is 2.80 bits per heavy atom. The van der Waals surface area contributed by atoms with E-state index >= 15 is 0 Å². The van der Waals surface area contributed by atoms with Crippen molar-refractivity contribution in [3.05, 3.63) is 23.3 Å². The number of rotatable bonds is 3. The molecule has 1 amide bonds. The minimum atomic E-state index is -0.0268. The van der Waals surface area contributed by atoms with Gasteiger partial charge in [0.15, 0.2) is 0 Å². The van der Waals surface area contributed by atoms with E-state index in [-0.39, 0.29) is 29.8 Å². The largest absolute Gasteiger partial charge is 0.342 e. The van der Waals surface area contributed by atoms with Crippen LogP contribution in [0.25, 0.3) is 5.78 Å². The summed E-state index contributed by atoms with van der Waals surface area (Å²) in [7, 11) is 0. The average Bonchev–Trinajstić information content (AvgIpc) is 2.97. The Kier molecular flexibility index (Phi) is 5.68. The molecule has 2 aromatic heterocycles. The van der Waals surface area contributed by atoms with E-state index in [9.17, 15) is 4.79 Å². The number of carbonyl (C=O) groups is 1. The Morgan fingerprint density at radius 1 is 1.40 bits per heavy atom. The summed E-state index contributed by atoms with van der Waals surface area (Å²) in [5.41, 5.74) is 9.13. The van der Waals surface area contributed by atoms with Crippen molar-refractivity contribution < 1.29 is 4.79 Å². The highest BCUT2D eigenvalue weighted by Gasteiger charge is 2.35. The fraction of sp³-hybridized carbons (Fsp3) is 0.647. The summed E-state index contributed by atoms with van der Waals surface area (Å²) in [6.07, 6.45) is 3.52. The number of halogens is 1. The maximum absolute atomic E-state index is 12.6. The maximum Gasteiger partial charge on any atom is 0.252 e. The van der Waals surface area contributed by atoms with Gasteiger partial charge in [-0.05, 0) is 37.7 Å². The van der Waals surface area contributed by atoms with Crippen molar-refractivity contribution in [2.24, 2.45) is 11.1 Å². The minimum absolute atomic E-state index is 0. The van der Waals surface area contributed by atoms with Crippen molar-refractivity contribution in [2.45, 2.75) is 53.0 Å². The first-order valence-corrected chi connectivity index (χ1v) is 8.49.